The lowest BCUT2D eigenvalue weighted by atomic mass is 9.54. The highest BCUT2D eigenvalue weighted by molar-refractivity contribution is 8.01. The Hall–Kier alpha value is -1.63. The summed E-state index contributed by atoms with van der Waals surface area (Å²) in [6.45, 7) is 3.71. The van der Waals surface area contributed by atoms with Gasteiger partial charge in [0.25, 0.3) is 5.91 Å². The summed E-state index contributed by atoms with van der Waals surface area (Å²) in [6.07, 6.45) is 14.7. The molecule has 4 saturated carbocycles. The van der Waals surface area contributed by atoms with Crippen LogP contribution in [0.2, 0.25) is 0 Å². The summed E-state index contributed by atoms with van der Waals surface area (Å²) < 4.78 is 0. The van der Waals surface area contributed by atoms with E-state index >= 15 is 0 Å². The minimum Gasteiger partial charge on any atom is -0.481 e. The Balaban J connectivity index is 1.28. The van der Waals surface area contributed by atoms with Gasteiger partial charge < -0.3 is 20.6 Å². The van der Waals surface area contributed by atoms with E-state index in [9.17, 15) is 9.59 Å². The van der Waals surface area contributed by atoms with Gasteiger partial charge in [-0.15, -0.1) is 11.8 Å². The van der Waals surface area contributed by atoms with E-state index in [0.29, 0.717) is 17.9 Å². The first-order valence-corrected chi connectivity index (χ1v) is 13.5. The van der Waals surface area contributed by atoms with Gasteiger partial charge in [0, 0.05) is 25.6 Å². The number of dihydropyridines is 1. The van der Waals surface area contributed by atoms with E-state index in [2.05, 4.69) is 22.5 Å². The van der Waals surface area contributed by atoms with Crippen molar-refractivity contribution < 1.29 is 14.7 Å². The number of hydrogen-bond acceptors (Lipinski definition) is 5. The summed E-state index contributed by atoms with van der Waals surface area (Å²) in [5, 5.41) is 16.3. The summed E-state index contributed by atoms with van der Waals surface area (Å²) in [5.74, 6) is 4.48. The molecule has 6 nitrogen and oxygen atoms in total. The van der Waals surface area contributed by atoms with Crippen molar-refractivity contribution in [1.82, 2.24) is 15.5 Å². The first kappa shape index (κ1) is 22.2. The van der Waals surface area contributed by atoms with Gasteiger partial charge in [-0.25, -0.2) is 0 Å². The molecule has 32 heavy (non-hydrogen) atoms. The zero-order chi connectivity index (χ0) is 22.3. The molecule has 3 N–H and O–H groups in total. The number of carbonyl (C=O) groups excluding carboxylic acids is 1. The zero-order valence-corrected chi connectivity index (χ0v) is 19.9. The molecule has 0 aromatic carbocycles. The number of carboxylic acid groups (broad SMARTS) is 1. The first-order valence-electron chi connectivity index (χ1n) is 12.5. The summed E-state index contributed by atoms with van der Waals surface area (Å²) in [5.41, 5.74) is 0. The Kier molecular flexibility index (Phi) is 6.21. The van der Waals surface area contributed by atoms with E-state index in [1.165, 1.54) is 32.1 Å². The maximum Gasteiger partial charge on any atom is 0.303 e. The number of nitrogens with zero attached hydrogens (tertiary/aromatic N) is 1. The Labute approximate surface area is 195 Å². The monoisotopic (exact) mass is 459 g/mol. The fraction of sp³-hybridized carbons (Fsp3) is 0.760. The lowest BCUT2D eigenvalue weighted by Crippen LogP contribution is -2.62. The van der Waals surface area contributed by atoms with Crippen LogP contribution in [0.4, 0.5) is 0 Å². The van der Waals surface area contributed by atoms with Crippen LogP contribution in [-0.4, -0.2) is 51.6 Å². The van der Waals surface area contributed by atoms with Crippen LogP contribution in [0.1, 0.15) is 58.3 Å². The molecule has 2 aliphatic heterocycles. The van der Waals surface area contributed by atoms with Gasteiger partial charge in [-0.3, -0.25) is 9.59 Å². The highest BCUT2D eigenvalue weighted by atomic mass is 32.2. The third-order valence-corrected chi connectivity index (χ3v) is 9.88. The van der Waals surface area contributed by atoms with Gasteiger partial charge in [0.1, 0.15) is 5.82 Å². The van der Waals surface area contributed by atoms with Crippen LogP contribution >= 0.6 is 11.8 Å². The molecule has 2 atom stereocenters. The summed E-state index contributed by atoms with van der Waals surface area (Å²) in [4.78, 5) is 26.4. The Morgan fingerprint density at radius 1 is 1.22 bits per heavy atom. The van der Waals surface area contributed by atoms with E-state index in [0.717, 1.165) is 49.3 Å². The van der Waals surface area contributed by atoms with Gasteiger partial charge in [0.15, 0.2) is 4.87 Å². The van der Waals surface area contributed by atoms with Crippen LogP contribution in [0.25, 0.3) is 0 Å². The number of allylic oxidation sites excluding steroid dienone is 2. The van der Waals surface area contributed by atoms with Crippen molar-refractivity contribution in [1.29, 1.82) is 0 Å². The quantitative estimate of drug-likeness (QED) is 0.515. The third-order valence-electron chi connectivity index (χ3n) is 8.38. The van der Waals surface area contributed by atoms with E-state index in [1.54, 1.807) is 11.8 Å². The molecular weight excluding hydrogens is 422 g/mol. The molecule has 6 aliphatic rings. The minimum absolute atomic E-state index is 0.0940. The Morgan fingerprint density at radius 2 is 1.94 bits per heavy atom. The van der Waals surface area contributed by atoms with Crippen molar-refractivity contribution in [3.05, 3.63) is 24.0 Å². The molecule has 0 radical (unpaired) electrons. The molecule has 1 amide bonds. The van der Waals surface area contributed by atoms with Gasteiger partial charge >= 0.3 is 5.97 Å². The highest BCUT2D eigenvalue weighted by Gasteiger charge is 2.50. The van der Waals surface area contributed by atoms with E-state index < -0.39 is 10.8 Å². The molecular formula is C25H37N3O3S. The van der Waals surface area contributed by atoms with Crippen LogP contribution < -0.4 is 10.6 Å². The molecule has 4 aliphatic carbocycles. The zero-order valence-electron chi connectivity index (χ0n) is 19.1. The number of aliphatic carboxylic acids is 1. The van der Waals surface area contributed by atoms with Gasteiger partial charge in [-0.2, -0.15) is 0 Å². The second-order valence-electron chi connectivity index (χ2n) is 10.7. The van der Waals surface area contributed by atoms with E-state index in [4.69, 9.17) is 5.11 Å². The molecule has 7 heteroatoms. The van der Waals surface area contributed by atoms with E-state index in [1.807, 2.05) is 18.2 Å². The summed E-state index contributed by atoms with van der Waals surface area (Å²) in [6, 6.07) is 0.325. The molecule has 0 aromatic rings. The smallest absolute Gasteiger partial charge is 0.303 e. The molecule has 4 bridgehead atoms. The maximum atomic E-state index is 13.8. The van der Waals surface area contributed by atoms with E-state index in [-0.39, 0.29) is 18.2 Å². The molecule has 5 fully saturated rings. The predicted molar refractivity (Wildman–Crippen MR) is 127 cm³/mol. The predicted octanol–water partition coefficient (Wildman–Crippen LogP) is 3.56. The number of nitrogens with one attached hydrogen (secondary N) is 2. The van der Waals surface area contributed by atoms with Crippen LogP contribution in [-0.2, 0) is 9.59 Å². The van der Waals surface area contributed by atoms with Gasteiger partial charge in [-0.1, -0.05) is 13.0 Å². The second-order valence-corrected chi connectivity index (χ2v) is 12.1. The number of amides is 1. The SMILES string of the molecule is CCCSC1(C(=O)NC2C3CC4CC(C3)CC2C4)C=CC=C(N2CC[C@H](CC(=O)O)C2)N1. The number of carboxylic acids is 1. The van der Waals surface area contributed by atoms with Crippen molar-refractivity contribution >= 4 is 23.6 Å². The minimum atomic E-state index is -0.792. The molecule has 1 unspecified atom stereocenters. The number of hydrogen-bond donors (Lipinski definition) is 3. The van der Waals surface area contributed by atoms with Gasteiger partial charge in [-0.05, 0) is 92.4 Å². The fourth-order valence-electron chi connectivity index (χ4n) is 7.16. The molecule has 6 rings (SSSR count). The lowest BCUT2D eigenvalue weighted by molar-refractivity contribution is -0.138. The average molecular weight is 460 g/mol. The van der Waals surface area contributed by atoms with Crippen LogP contribution in [0.3, 0.4) is 0 Å². The standard InChI is InChI=1S/C25H37N3O3S/c1-2-8-32-25(6-3-4-21(27-25)28-7-5-16(15-28)14-22(29)30)24(31)26-23-19-10-17-9-18(12-19)13-20(23)11-17/h3-4,6,16-20,23,27H,2,5,7-15H2,1H3,(H,26,31)(H,29,30)/t16-,17?,18?,19?,20?,23?,25?/m1/s1. The average Bonchev–Trinajstić information content (AvgIpc) is 3.22. The van der Waals surface area contributed by atoms with Crippen LogP contribution in [0, 0.1) is 29.6 Å². The molecule has 0 spiro atoms. The van der Waals surface area contributed by atoms with Gasteiger partial charge in [0.2, 0.25) is 0 Å². The number of thioether (sulfide) groups is 1. The van der Waals surface area contributed by atoms with Crippen molar-refractivity contribution in [3.8, 4) is 0 Å². The molecule has 0 aromatic heterocycles. The van der Waals surface area contributed by atoms with Crippen molar-refractivity contribution in [2.45, 2.75) is 69.2 Å². The van der Waals surface area contributed by atoms with Crippen LogP contribution in [0.15, 0.2) is 24.0 Å². The fourth-order valence-corrected chi connectivity index (χ4v) is 8.23. The third kappa shape index (κ3) is 4.29. The lowest BCUT2D eigenvalue weighted by Gasteiger charge is -2.55. The van der Waals surface area contributed by atoms with Crippen molar-refractivity contribution in [3.63, 3.8) is 0 Å². The number of rotatable bonds is 8. The van der Waals surface area contributed by atoms with Crippen molar-refractivity contribution in [2.24, 2.45) is 29.6 Å². The highest BCUT2D eigenvalue weighted by Crippen LogP contribution is 2.53. The summed E-state index contributed by atoms with van der Waals surface area (Å²) in [7, 11) is 0. The summed E-state index contributed by atoms with van der Waals surface area (Å²) >= 11 is 1.68. The molecule has 1 saturated heterocycles. The Morgan fingerprint density at radius 3 is 2.59 bits per heavy atom. The number of likely N-dealkylation sites (tertiary alicyclic amines) is 1. The molecule has 176 valence electrons. The van der Waals surface area contributed by atoms with Gasteiger partial charge in [0.05, 0.1) is 0 Å². The maximum absolute atomic E-state index is 13.8. The molecule has 2 heterocycles. The first-order chi connectivity index (χ1) is 15.5. The van der Waals surface area contributed by atoms with Crippen LogP contribution in [0.5, 0.6) is 0 Å². The van der Waals surface area contributed by atoms with Crippen molar-refractivity contribution in [2.75, 3.05) is 18.8 Å². The normalized spacial score (nSPS) is 39.7. The second kappa shape index (κ2) is 8.96. The largest absolute Gasteiger partial charge is 0.481 e. The Bertz CT molecular complexity index is 784. The topological polar surface area (TPSA) is 81.7 Å². The number of carbonyl (C=O) groups is 2.